The molecule has 0 aliphatic carbocycles. The molecule has 0 spiro atoms. The van der Waals surface area contributed by atoms with E-state index in [0.29, 0.717) is 5.69 Å². The third-order valence-corrected chi connectivity index (χ3v) is 3.97. The van der Waals surface area contributed by atoms with E-state index in [-0.39, 0.29) is 5.69 Å². The van der Waals surface area contributed by atoms with Crippen LogP contribution >= 0.6 is 0 Å². The minimum Gasteiger partial charge on any atom is -0.477 e. The smallest absolute Gasteiger partial charge is 0.354 e. The number of imidazole rings is 1. The number of aryl methyl sites for hydroxylation is 2. The standard InChI is InChI=1S/C15H20N4O2/c1-10-8-12(18-6-3-4-16-5-7-18)9-19-13(15(20)21)11(2)17-14(10)19/h8-9,16H,3-7H2,1-2H3,(H,20,21). The summed E-state index contributed by atoms with van der Waals surface area (Å²) in [4.78, 5) is 18.2. The zero-order valence-corrected chi connectivity index (χ0v) is 12.4. The van der Waals surface area contributed by atoms with E-state index >= 15 is 0 Å². The fourth-order valence-electron chi connectivity index (χ4n) is 2.94. The zero-order chi connectivity index (χ0) is 15.0. The van der Waals surface area contributed by atoms with Crippen LogP contribution < -0.4 is 10.2 Å². The van der Waals surface area contributed by atoms with Crippen LogP contribution in [0.1, 0.15) is 28.2 Å². The summed E-state index contributed by atoms with van der Waals surface area (Å²) in [6.45, 7) is 7.61. The summed E-state index contributed by atoms with van der Waals surface area (Å²) >= 11 is 0. The molecule has 1 fully saturated rings. The van der Waals surface area contributed by atoms with Gasteiger partial charge in [0.2, 0.25) is 0 Å². The van der Waals surface area contributed by atoms with Crippen molar-refractivity contribution in [3.63, 3.8) is 0 Å². The van der Waals surface area contributed by atoms with Gasteiger partial charge in [0.25, 0.3) is 0 Å². The Morgan fingerprint density at radius 1 is 1.33 bits per heavy atom. The Labute approximate surface area is 123 Å². The summed E-state index contributed by atoms with van der Waals surface area (Å²) in [6, 6.07) is 2.10. The van der Waals surface area contributed by atoms with Crippen molar-refractivity contribution in [2.75, 3.05) is 31.1 Å². The number of hydrogen-bond acceptors (Lipinski definition) is 4. The lowest BCUT2D eigenvalue weighted by molar-refractivity contribution is 0.0688. The van der Waals surface area contributed by atoms with Gasteiger partial charge in [-0.05, 0) is 38.4 Å². The number of rotatable bonds is 2. The number of aromatic carboxylic acids is 1. The molecule has 1 aliphatic rings. The average molecular weight is 288 g/mol. The second kappa shape index (κ2) is 5.37. The minimum atomic E-state index is -0.936. The van der Waals surface area contributed by atoms with E-state index in [1.165, 1.54) is 0 Å². The van der Waals surface area contributed by atoms with Crippen molar-refractivity contribution >= 4 is 17.3 Å². The first-order valence-corrected chi connectivity index (χ1v) is 7.26. The fourth-order valence-corrected chi connectivity index (χ4v) is 2.94. The summed E-state index contributed by atoms with van der Waals surface area (Å²) in [5.74, 6) is -0.936. The van der Waals surface area contributed by atoms with E-state index in [9.17, 15) is 9.90 Å². The van der Waals surface area contributed by atoms with Crippen LogP contribution in [0.25, 0.3) is 5.65 Å². The van der Waals surface area contributed by atoms with Gasteiger partial charge in [0.15, 0.2) is 5.69 Å². The van der Waals surface area contributed by atoms with Crippen molar-refractivity contribution in [1.29, 1.82) is 0 Å². The quantitative estimate of drug-likeness (QED) is 0.875. The first-order valence-electron chi connectivity index (χ1n) is 7.26. The molecule has 3 rings (SSSR count). The van der Waals surface area contributed by atoms with Crippen LogP contribution in [0.3, 0.4) is 0 Å². The molecule has 0 unspecified atom stereocenters. The van der Waals surface area contributed by atoms with Gasteiger partial charge < -0.3 is 15.3 Å². The third kappa shape index (κ3) is 2.47. The van der Waals surface area contributed by atoms with Gasteiger partial charge >= 0.3 is 5.97 Å². The third-order valence-electron chi connectivity index (χ3n) is 3.97. The molecule has 0 aromatic carbocycles. The summed E-state index contributed by atoms with van der Waals surface area (Å²) < 4.78 is 1.71. The van der Waals surface area contributed by atoms with Crippen molar-refractivity contribution in [3.05, 3.63) is 29.2 Å². The van der Waals surface area contributed by atoms with Crippen LogP contribution in [0.5, 0.6) is 0 Å². The summed E-state index contributed by atoms with van der Waals surface area (Å²) in [7, 11) is 0. The number of nitrogens with one attached hydrogen (secondary N) is 1. The van der Waals surface area contributed by atoms with Gasteiger partial charge in [-0.2, -0.15) is 0 Å². The van der Waals surface area contributed by atoms with E-state index in [1.807, 2.05) is 13.1 Å². The number of carboxylic acids is 1. The van der Waals surface area contributed by atoms with E-state index in [4.69, 9.17) is 0 Å². The highest BCUT2D eigenvalue weighted by atomic mass is 16.4. The molecular formula is C15H20N4O2. The number of aromatic nitrogens is 2. The molecule has 2 aromatic heterocycles. The van der Waals surface area contributed by atoms with Crippen LogP contribution in [0.2, 0.25) is 0 Å². The lowest BCUT2D eigenvalue weighted by Crippen LogP contribution is -2.28. The predicted octanol–water partition coefficient (Wildman–Crippen LogP) is 1.45. The van der Waals surface area contributed by atoms with E-state index in [0.717, 1.165) is 49.5 Å². The molecular weight excluding hydrogens is 268 g/mol. The predicted molar refractivity (Wildman–Crippen MR) is 81.3 cm³/mol. The van der Waals surface area contributed by atoms with E-state index in [2.05, 4.69) is 21.3 Å². The largest absolute Gasteiger partial charge is 0.477 e. The summed E-state index contributed by atoms with van der Waals surface area (Å²) in [5, 5.41) is 12.8. The van der Waals surface area contributed by atoms with Crippen LogP contribution in [0, 0.1) is 13.8 Å². The van der Waals surface area contributed by atoms with Crippen molar-refractivity contribution < 1.29 is 9.90 Å². The zero-order valence-electron chi connectivity index (χ0n) is 12.4. The first-order chi connectivity index (χ1) is 10.1. The Bertz CT molecular complexity index is 685. The van der Waals surface area contributed by atoms with Crippen molar-refractivity contribution in [2.45, 2.75) is 20.3 Å². The molecule has 1 aliphatic heterocycles. The van der Waals surface area contributed by atoms with Gasteiger partial charge in [-0.15, -0.1) is 0 Å². The van der Waals surface area contributed by atoms with Crippen LogP contribution in [-0.2, 0) is 0 Å². The molecule has 0 atom stereocenters. The molecule has 3 heterocycles. The number of pyridine rings is 1. The minimum absolute atomic E-state index is 0.253. The molecule has 0 saturated carbocycles. The number of carboxylic acid groups (broad SMARTS) is 1. The molecule has 2 aromatic rings. The number of fused-ring (bicyclic) bond motifs is 1. The monoisotopic (exact) mass is 288 g/mol. The number of hydrogen-bond donors (Lipinski definition) is 2. The Kier molecular flexibility index (Phi) is 3.55. The van der Waals surface area contributed by atoms with Gasteiger partial charge in [-0.25, -0.2) is 9.78 Å². The number of nitrogens with zero attached hydrogens (tertiary/aromatic N) is 3. The van der Waals surface area contributed by atoms with E-state index < -0.39 is 5.97 Å². The van der Waals surface area contributed by atoms with Gasteiger partial charge in [-0.3, -0.25) is 4.40 Å². The lowest BCUT2D eigenvalue weighted by atomic mass is 10.2. The van der Waals surface area contributed by atoms with Crippen LogP contribution in [-0.4, -0.2) is 46.6 Å². The summed E-state index contributed by atoms with van der Waals surface area (Å²) in [6.07, 6.45) is 2.99. The number of carbonyl (C=O) groups is 1. The topological polar surface area (TPSA) is 69.9 Å². The Balaban J connectivity index is 2.12. The Morgan fingerprint density at radius 2 is 2.14 bits per heavy atom. The maximum Gasteiger partial charge on any atom is 0.354 e. The molecule has 0 bridgehead atoms. The van der Waals surface area contributed by atoms with Gasteiger partial charge in [0.05, 0.1) is 11.4 Å². The molecule has 0 radical (unpaired) electrons. The fraction of sp³-hybridized carbons (Fsp3) is 0.467. The van der Waals surface area contributed by atoms with Crippen molar-refractivity contribution in [2.24, 2.45) is 0 Å². The molecule has 2 N–H and O–H groups in total. The highest BCUT2D eigenvalue weighted by molar-refractivity contribution is 5.88. The Morgan fingerprint density at radius 3 is 2.90 bits per heavy atom. The van der Waals surface area contributed by atoms with Crippen molar-refractivity contribution in [3.8, 4) is 0 Å². The average Bonchev–Trinajstić information content (AvgIpc) is 2.63. The molecule has 21 heavy (non-hydrogen) atoms. The summed E-state index contributed by atoms with van der Waals surface area (Å²) in [5.41, 5.74) is 3.59. The SMILES string of the molecule is Cc1nc2c(C)cc(N3CCCNCC3)cn2c1C(=O)O. The highest BCUT2D eigenvalue weighted by Crippen LogP contribution is 2.23. The van der Waals surface area contributed by atoms with E-state index in [1.54, 1.807) is 11.3 Å². The van der Waals surface area contributed by atoms with Crippen LogP contribution in [0.15, 0.2) is 12.3 Å². The first kappa shape index (κ1) is 13.9. The molecule has 6 nitrogen and oxygen atoms in total. The van der Waals surface area contributed by atoms with Crippen molar-refractivity contribution in [1.82, 2.24) is 14.7 Å². The van der Waals surface area contributed by atoms with Gasteiger partial charge in [0.1, 0.15) is 5.65 Å². The molecule has 1 saturated heterocycles. The maximum atomic E-state index is 11.5. The van der Waals surface area contributed by atoms with Crippen LogP contribution in [0.4, 0.5) is 5.69 Å². The lowest BCUT2D eigenvalue weighted by Gasteiger charge is -2.23. The second-order valence-electron chi connectivity index (χ2n) is 5.52. The normalized spacial score (nSPS) is 16.2. The maximum absolute atomic E-state index is 11.5. The second-order valence-corrected chi connectivity index (χ2v) is 5.52. The Hall–Kier alpha value is -2.08. The molecule has 0 amide bonds. The highest BCUT2D eigenvalue weighted by Gasteiger charge is 2.19. The molecule has 6 heteroatoms. The number of anilines is 1. The molecule has 112 valence electrons. The van der Waals surface area contributed by atoms with Gasteiger partial charge in [-0.1, -0.05) is 0 Å². The van der Waals surface area contributed by atoms with Gasteiger partial charge in [0, 0.05) is 25.8 Å².